The van der Waals surface area contributed by atoms with Gasteiger partial charge >= 0.3 is 0 Å². The van der Waals surface area contributed by atoms with Crippen LogP contribution in [0.5, 0.6) is 0 Å². The molecule has 34 heavy (non-hydrogen) atoms. The minimum Gasteiger partial charge on any atom is -0.294 e. The van der Waals surface area contributed by atoms with Gasteiger partial charge in [0, 0.05) is 28.5 Å². The quantitative estimate of drug-likeness (QED) is 0.302. The van der Waals surface area contributed by atoms with Crippen molar-refractivity contribution < 1.29 is 1.37 Å². The van der Waals surface area contributed by atoms with Crippen LogP contribution < -0.4 is 10.5 Å². The molecular formula is C30H25N3Si. The predicted molar refractivity (Wildman–Crippen MR) is 145 cm³/mol. The summed E-state index contributed by atoms with van der Waals surface area (Å²) in [6.45, 7) is 4.60. The smallest absolute Gasteiger partial charge is 0.137 e. The molecule has 164 valence electrons. The highest BCUT2D eigenvalue weighted by molar-refractivity contribution is 6.99. The first-order valence-electron chi connectivity index (χ1n) is 12.0. The van der Waals surface area contributed by atoms with E-state index in [2.05, 4.69) is 100 Å². The van der Waals surface area contributed by atoms with Gasteiger partial charge in [0.05, 0.1) is 12.4 Å². The Kier molecular flexibility index (Phi) is 4.62. The Balaban J connectivity index is 1.52. The molecule has 0 saturated heterocycles. The van der Waals surface area contributed by atoms with Gasteiger partial charge in [-0.3, -0.25) is 9.55 Å². The van der Waals surface area contributed by atoms with E-state index in [0.717, 1.165) is 22.2 Å². The molecule has 0 unspecified atom stereocenters. The SMILES string of the molecule is [2H]c1ccnc([Si](C)(C)c2cccc(-c3ccc4c5ccccc5n(-c5ccccn5)c4c3)c2)c1. The molecule has 3 heterocycles. The maximum Gasteiger partial charge on any atom is 0.137 e. The first-order valence-corrected chi connectivity index (χ1v) is 14.5. The van der Waals surface area contributed by atoms with Gasteiger partial charge in [0.15, 0.2) is 0 Å². The molecule has 0 fully saturated rings. The van der Waals surface area contributed by atoms with Gasteiger partial charge in [0.2, 0.25) is 0 Å². The summed E-state index contributed by atoms with van der Waals surface area (Å²) < 4.78 is 10.3. The molecule has 0 aliphatic carbocycles. The third-order valence-corrected chi connectivity index (χ3v) is 10.0. The minimum absolute atomic E-state index is 0.513. The zero-order chi connectivity index (χ0) is 24.0. The van der Waals surface area contributed by atoms with Gasteiger partial charge in [-0.05, 0) is 47.5 Å². The molecule has 0 amide bonds. The standard InChI is InChI=1S/C30H25N3Si/c1-34(2,30-15-6-8-19-32-30)24-11-9-10-22(20-24)23-16-17-26-25-12-3-4-13-27(25)33(28(26)21-23)29-14-5-7-18-31-29/h3-21H,1-2H3/i6D. The highest BCUT2D eigenvalue weighted by Crippen LogP contribution is 2.34. The van der Waals surface area contributed by atoms with Crippen molar-refractivity contribution in [2.75, 3.05) is 0 Å². The maximum atomic E-state index is 8.04. The number of para-hydroxylation sites is 1. The Bertz CT molecular complexity index is 1690. The molecule has 0 aliphatic heterocycles. The van der Waals surface area contributed by atoms with Gasteiger partial charge in [0.1, 0.15) is 13.9 Å². The molecule has 0 radical (unpaired) electrons. The van der Waals surface area contributed by atoms with E-state index in [4.69, 9.17) is 1.37 Å². The molecule has 4 heteroatoms. The van der Waals surface area contributed by atoms with Gasteiger partial charge in [-0.15, -0.1) is 0 Å². The fourth-order valence-electron chi connectivity index (χ4n) is 4.79. The first kappa shape index (κ1) is 19.4. The first-order chi connectivity index (χ1) is 17.0. The van der Waals surface area contributed by atoms with Crippen LogP contribution in [0, 0.1) is 0 Å². The van der Waals surface area contributed by atoms with Crippen LogP contribution in [-0.2, 0) is 0 Å². The van der Waals surface area contributed by atoms with Crippen LogP contribution in [-0.4, -0.2) is 22.6 Å². The lowest BCUT2D eigenvalue weighted by molar-refractivity contribution is 1.08. The van der Waals surface area contributed by atoms with E-state index in [1.807, 2.05) is 24.4 Å². The zero-order valence-corrected chi connectivity index (χ0v) is 20.2. The molecule has 0 spiro atoms. The van der Waals surface area contributed by atoms with E-state index in [0.29, 0.717) is 6.04 Å². The minimum atomic E-state index is -2.04. The van der Waals surface area contributed by atoms with Crippen molar-refractivity contribution >= 4 is 40.4 Å². The molecule has 0 aliphatic rings. The van der Waals surface area contributed by atoms with Crippen molar-refractivity contribution in [3.63, 3.8) is 0 Å². The zero-order valence-electron chi connectivity index (χ0n) is 20.2. The summed E-state index contributed by atoms with van der Waals surface area (Å²) in [6, 6.07) is 34.3. The third-order valence-electron chi connectivity index (χ3n) is 6.71. The molecule has 6 aromatic rings. The fraction of sp³-hybridized carbons (Fsp3) is 0.0667. The average Bonchev–Trinajstić information content (AvgIpc) is 3.23. The number of hydrogen-bond acceptors (Lipinski definition) is 2. The molecule has 0 saturated carbocycles. The number of nitrogens with zero attached hydrogens (tertiary/aromatic N) is 3. The highest BCUT2D eigenvalue weighted by Gasteiger charge is 2.27. The van der Waals surface area contributed by atoms with Crippen molar-refractivity contribution in [3.05, 3.63) is 115 Å². The Morgan fingerprint density at radius 2 is 1.47 bits per heavy atom. The van der Waals surface area contributed by atoms with Gasteiger partial charge in [0.25, 0.3) is 0 Å². The number of fused-ring (bicyclic) bond motifs is 3. The van der Waals surface area contributed by atoms with Crippen molar-refractivity contribution in [3.8, 4) is 16.9 Å². The van der Waals surface area contributed by atoms with Gasteiger partial charge in [-0.1, -0.05) is 85.0 Å². The second-order valence-corrected chi connectivity index (χ2v) is 13.5. The summed E-state index contributed by atoms with van der Waals surface area (Å²) in [5, 5.41) is 4.78. The van der Waals surface area contributed by atoms with E-state index < -0.39 is 8.07 Å². The summed E-state index contributed by atoms with van der Waals surface area (Å²) in [7, 11) is -2.04. The van der Waals surface area contributed by atoms with Crippen LogP contribution in [0.15, 0.2) is 115 Å². The summed E-state index contributed by atoms with van der Waals surface area (Å²) in [5.74, 6) is 0.916. The molecule has 3 nitrogen and oxygen atoms in total. The molecule has 0 bridgehead atoms. The highest BCUT2D eigenvalue weighted by atomic mass is 28.3. The van der Waals surface area contributed by atoms with Crippen LogP contribution in [0.2, 0.25) is 13.1 Å². The molecule has 0 atom stereocenters. The van der Waals surface area contributed by atoms with Crippen molar-refractivity contribution in [1.29, 1.82) is 0 Å². The van der Waals surface area contributed by atoms with Crippen LogP contribution >= 0.6 is 0 Å². The molecule has 6 rings (SSSR count). The van der Waals surface area contributed by atoms with E-state index >= 15 is 0 Å². The fourth-order valence-corrected chi connectivity index (χ4v) is 6.95. The topological polar surface area (TPSA) is 30.7 Å². The summed E-state index contributed by atoms with van der Waals surface area (Å²) in [6.07, 6.45) is 3.59. The Hall–Kier alpha value is -4.02. The normalized spacial score (nSPS) is 12.2. The number of aromatic nitrogens is 3. The summed E-state index contributed by atoms with van der Waals surface area (Å²) >= 11 is 0. The Morgan fingerprint density at radius 1 is 0.676 bits per heavy atom. The maximum absolute atomic E-state index is 8.04. The van der Waals surface area contributed by atoms with Crippen molar-refractivity contribution in [2.24, 2.45) is 0 Å². The van der Waals surface area contributed by atoms with Gasteiger partial charge in [-0.2, -0.15) is 0 Å². The van der Waals surface area contributed by atoms with Crippen LogP contribution in [0.4, 0.5) is 0 Å². The number of benzene rings is 3. The van der Waals surface area contributed by atoms with Gasteiger partial charge < -0.3 is 0 Å². The van der Waals surface area contributed by atoms with Gasteiger partial charge in [-0.25, -0.2) is 4.98 Å². The molecule has 3 aromatic heterocycles. The number of pyridine rings is 2. The van der Waals surface area contributed by atoms with E-state index in [9.17, 15) is 0 Å². The molecule has 3 aromatic carbocycles. The second-order valence-electron chi connectivity index (χ2n) is 9.12. The largest absolute Gasteiger partial charge is 0.294 e. The van der Waals surface area contributed by atoms with Crippen LogP contribution in [0.1, 0.15) is 1.37 Å². The van der Waals surface area contributed by atoms with Crippen molar-refractivity contribution in [2.45, 2.75) is 13.1 Å². The predicted octanol–water partition coefficient (Wildman–Crippen LogP) is 6.06. The van der Waals surface area contributed by atoms with Crippen molar-refractivity contribution in [1.82, 2.24) is 14.5 Å². The summed E-state index contributed by atoms with van der Waals surface area (Å²) in [4.78, 5) is 9.29. The number of hydrogen-bond donors (Lipinski definition) is 0. The lowest BCUT2D eigenvalue weighted by atomic mass is 10.0. The monoisotopic (exact) mass is 456 g/mol. The molecular weight excluding hydrogens is 430 g/mol. The Labute approximate surface area is 201 Å². The van der Waals surface area contributed by atoms with Crippen LogP contribution in [0.3, 0.4) is 0 Å². The van der Waals surface area contributed by atoms with E-state index in [-0.39, 0.29) is 0 Å². The Morgan fingerprint density at radius 3 is 2.32 bits per heavy atom. The summed E-state index contributed by atoms with van der Waals surface area (Å²) in [5.41, 5.74) is 4.66. The van der Waals surface area contributed by atoms with E-state index in [1.54, 1.807) is 12.3 Å². The lowest BCUT2D eigenvalue weighted by Gasteiger charge is -2.23. The van der Waals surface area contributed by atoms with E-state index in [1.165, 1.54) is 27.1 Å². The van der Waals surface area contributed by atoms with Crippen LogP contribution in [0.25, 0.3) is 38.8 Å². The second kappa shape index (κ2) is 8.08. The average molecular weight is 457 g/mol. The lowest BCUT2D eigenvalue weighted by Crippen LogP contribution is -2.54. The molecule has 0 N–H and O–H groups in total. The third kappa shape index (κ3) is 3.35. The number of rotatable bonds is 4.